The van der Waals surface area contributed by atoms with E-state index in [4.69, 9.17) is 9.47 Å². The zero-order chi connectivity index (χ0) is 25.9. The van der Waals surface area contributed by atoms with Crippen molar-refractivity contribution in [1.29, 1.82) is 0 Å². The van der Waals surface area contributed by atoms with Gasteiger partial charge in [-0.15, -0.1) is 11.3 Å². The molecule has 0 saturated carbocycles. The van der Waals surface area contributed by atoms with E-state index in [0.29, 0.717) is 11.5 Å². The van der Waals surface area contributed by atoms with E-state index in [1.807, 2.05) is 6.07 Å². The van der Waals surface area contributed by atoms with Crippen molar-refractivity contribution in [3.63, 3.8) is 0 Å². The molecule has 0 bridgehead atoms. The van der Waals surface area contributed by atoms with Gasteiger partial charge in [0, 0.05) is 23.5 Å². The lowest BCUT2D eigenvalue weighted by atomic mass is 10.1. The number of hydrogen-bond acceptors (Lipinski definition) is 9. The van der Waals surface area contributed by atoms with Crippen molar-refractivity contribution in [3.05, 3.63) is 58.1 Å². The van der Waals surface area contributed by atoms with E-state index in [2.05, 4.69) is 15.0 Å². The van der Waals surface area contributed by atoms with E-state index >= 15 is 0 Å². The molecule has 2 heterocycles. The summed E-state index contributed by atoms with van der Waals surface area (Å²) in [5.74, 6) is 0.0500. The van der Waals surface area contributed by atoms with E-state index in [1.165, 1.54) is 19.3 Å². The highest BCUT2D eigenvalue weighted by atomic mass is 32.2. The van der Waals surface area contributed by atoms with Crippen LogP contribution in [0.2, 0.25) is 0 Å². The summed E-state index contributed by atoms with van der Waals surface area (Å²) in [6.45, 7) is 4.49. The fraction of sp³-hybridized carbons (Fsp3) is 0.417. The van der Waals surface area contributed by atoms with Crippen LogP contribution in [0.3, 0.4) is 0 Å². The molecule has 1 aliphatic rings. The third-order valence-corrected chi connectivity index (χ3v) is 8.67. The number of alkyl halides is 1. The third kappa shape index (κ3) is 5.65. The van der Waals surface area contributed by atoms with Crippen molar-refractivity contribution in [2.24, 2.45) is 0 Å². The summed E-state index contributed by atoms with van der Waals surface area (Å²) >= 11 is 0.993. The van der Waals surface area contributed by atoms with E-state index in [0.717, 1.165) is 46.0 Å². The number of fused-ring (bicyclic) bond motifs is 1. The van der Waals surface area contributed by atoms with Gasteiger partial charge in [-0.2, -0.15) is 8.42 Å². The summed E-state index contributed by atoms with van der Waals surface area (Å²) in [6, 6.07) is 3.58. The summed E-state index contributed by atoms with van der Waals surface area (Å²) in [5, 5.41) is 1.64. The molecule has 0 amide bonds. The number of hydrogen-bond donors (Lipinski definition) is 0. The fourth-order valence-electron chi connectivity index (χ4n) is 3.89. The average molecular weight is 535 g/mol. The van der Waals surface area contributed by atoms with Crippen LogP contribution in [0, 0.1) is 6.92 Å². The number of rotatable bonds is 10. The first-order valence-electron chi connectivity index (χ1n) is 11.5. The number of halogens is 1. The number of aryl methyl sites for hydroxylation is 3. The Kier molecular flexibility index (Phi) is 7.84. The van der Waals surface area contributed by atoms with Crippen LogP contribution in [0.5, 0.6) is 5.75 Å². The van der Waals surface area contributed by atoms with E-state index in [1.54, 1.807) is 25.3 Å². The quantitative estimate of drug-likeness (QED) is 0.358. The first kappa shape index (κ1) is 26.0. The minimum atomic E-state index is -4.13. The van der Waals surface area contributed by atoms with Gasteiger partial charge >= 0.3 is 5.97 Å². The van der Waals surface area contributed by atoms with Crippen LogP contribution in [0.1, 0.15) is 53.3 Å². The predicted octanol–water partition coefficient (Wildman–Crippen LogP) is 4.04. The zero-order valence-electron chi connectivity index (χ0n) is 20.2. The number of esters is 1. The highest BCUT2D eigenvalue weighted by Gasteiger charge is 2.32. The van der Waals surface area contributed by atoms with Crippen molar-refractivity contribution < 1.29 is 27.1 Å². The van der Waals surface area contributed by atoms with Crippen molar-refractivity contribution in [3.8, 4) is 5.75 Å². The Hall–Kier alpha value is -3.12. The Morgan fingerprint density at radius 3 is 2.53 bits per heavy atom. The molecule has 0 radical (unpaired) electrons. The standard InChI is InChI=1S/C24H27FN4O5S2/c1-4-33-23(30)19-10-26-22(27-11-19)13-34-21-9-18-7-5-6-17(18)8-20(21)29(12-15(2)25)36(31,32)24-28-16(3)14-35-24/h8-11,14-15H,4-7,12-13H2,1-3H3/t15-/m0/s1. The Labute approximate surface area is 213 Å². The minimum Gasteiger partial charge on any atom is -0.483 e. The number of benzene rings is 1. The molecule has 2 aromatic heterocycles. The number of anilines is 1. The van der Waals surface area contributed by atoms with Crippen molar-refractivity contribution in [2.75, 3.05) is 17.5 Å². The molecule has 12 heteroatoms. The second kappa shape index (κ2) is 10.9. The molecule has 1 aliphatic carbocycles. The number of carbonyl (C=O) groups is 1. The molecular formula is C24H27FN4O5S2. The zero-order valence-corrected chi connectivity index (χ0v) is 21.9. The maximum Gasteiger partial charge on any atom is 0.341 e. The van der Waals surface area contributed by atoms with Gasteiger partial charge in [-0.1, -0.05) is 0 Å². The van der Waals surface area contributed by atoms with E-state index in [-0.39, 0.29) is 41.1 Å². The van der Waals surface area contributed by atoms with Crippen LogP contribution in [0.25, 0.3) is 0 Å². The fourth-order valence-corrected chi connectivity index (χ4v) is 6.56. The third-order valence-electron chi connectivity index (χ3n) is 5.54. The molecular weight excluding hydrogens is 507 g/mol. The molecule has 9 nitrogen and oxygen atoms in total. The van der Waals surface area contributed by atoms with E-state index < -0.39 is 22.2 Å². The summed E-state index contributed by atoms with van der Waals surface area (Å²) in [4.78, 5) is 24.3. The predicted molar refractivity (Wildman–Crippen MR) is 133 cm³/mol. The number of aromatic nitrogens is 3. The highest BCUT2D eigenvalue weighted by molar-refractivity contribution is 7.94. The summed E-state index contributed by atoms with van der Waals surface area (Å²) in [5.41, 5.74) is 3.10. The van der Waals surface area contributed by atoms with Crippen LogP contribution in [0.4, 0.5) is 10.1 Å². The molecule has 1 aromatic carbocycles. The molecule has 0 aliphatic heterocycles. The van der Waals surface area contributed by atoms with Crippen LogP contribution in [0.15, 0.2) is 34.2 Å². The second-order valence-electron chi connectivity index (χ2n) is 8.41. The van der Waals surface area contributed by atoms with Gasteiger partial charge in [-0.3, -0.25) is 4.31 Å². The van der Waals surface area contributed by atoms with Crippen molar-refractivity contribution >= 4 is 33.0 Å². The number of thiazole rings is 1. The monoisotopic (exact) mass is 534 g/mol. The van der Waals surface area contributed by atoms with Gasteiger partial charge in [0.15, 0.2) is 5.82 Å². The minimum absolute atomic E-state index is 0.0790. The molecule has 0 unspecified atom stereocenters. The molecule has 0 N–H and O–H groups in total. The summed E-state index contributed by atoms with van der Waals surface area (Å²) in [7, 11) is -4.13. The van der Waals surface area contributed by atoms with Crippen LogP contribution >= 0.6 is 11.3 Å². The molecule has 192 valence electrons. The molecule has 3 aromatic rings. The summed E-state index contributed by atoms with van der Waals surface area (Å²) < 4.78 is 53.2. The Bertz CT molecular complexity index is 1340. The highest BCUT2D eigenvalue weighted by Crippen LogP contribution is 2.39. The van der Waals surface area contributed by atoms with Crippen LogP contribution in [-0.2, 0) is 34.2 Å². The second-order valence-corrected chi connectivity index (χ2v) is 11.3. The lowest BCUT2D eigenvalue weighted by Crippen LogP contribution is -2.36. The van der Waals surface area contributed by atoms with Crippen LogP contribution < -0.4 is 9.04 Å². The smallest absolute Gasteiger partial charge is 0.341 e. The average Bonchev–Trinajstić information content (AvgIpc) is 3.49. The van der Waals surface area contributed by atoms with Gasteiger partial charge in [0.05, 0.1) is 24.4 Å². The lowest BCUT2D eigenvalue weighted by molar-refractivity contribution is 0.0525. The molecule has 1 atom stereocenters. The summed E-state index contributed by atoms with van der Waals surface area (Å²) in [6.07, 6.45) is 3.85. The first-order chi connectivity index (χ1) is 17.2. The molecule has 0 spiro atoms. The van der Waals surface area contributed by atoms with Crippen molar-refractivity contribution in [1.82, 2.24) is 15.0 Å². The number of ether oxygens (including phenoxy) is 2. The van der Waals surface area contributed by atoms with Gasteiger partial charge < -0.3 is 9.47 Å². The molecule has 4 rings (SSSR count). The van der Waals surface area contributed by atoms with Gasteiger partial charge in [0.1, 0.15) is 18.5 Å². The van der Waals surface area contributed by atoms with Gasteiger partial charge in [-0.25, -0.2) is 24.1 Å². The largest absolute Gasteiger partial charge is 0.483 e. The Morgan fingerprint density at radius 2 is 1.92 bits per heavy atom. The number of nitrogens with zero attached hydrogens (tertiary/aromatic N) is 4. The SMILES string of the molecule is CCOC(=O)c1cnc(COc2cc3c(cc2N(C[C@H](C)F)S(=O)(=O)c2nc(C)cs2)CCC3)nc1. The van der Waals surface area contributed by atoms with E-state index in [9.17, 15) is 17.6 Å². The maximum atomic E-state index is 14.3. The molecule has 0 fully saturated rings. The maximum absolute atomic E-state index is 14.3. The van der Waals surface area contributed by atoms with Gasteiger partial charge in [0.25, 0.3) is 10.0 Å². The van der Waals surface area contributed by atoms with Gasteiger partial charge in [0.2, 0.25) is 4.34 Å². The topological polar surface area (TPSA) is 112 Å². The Balaban J connectivity index is 1.68. The number of carbonyl (C=O) groups excluding carboxylic acids is 1. The van der Waals surface area contributed by atoms with Crippen molar-refractivity contribution in [2.45, 2.75) is 57.2 Å². The first-order valence-corrected chi connectivity index (χ1v) is 13.9. The molecule has 36 heavy (non-hydrogen) atoms. The lowest BCUT2D eigenvalue weighted by Gasteiger charge is -2.26. The van der Waals surface area contributed by atoms with Gasteiger partial charge in [-0.05, 0) is 63.3 Å². The normalized spacial score (nSPS) is 13.8. The number of sulfonamides is 1. The Morgan fingerprint density at radius 1 is 1.22 bits per heavy atom. The van der Waals surface area contributed by atoms with Crippen LogP contribution in [-0.4, -0.2) is 48.7 Å². The molecule has 0 saturated heterocycles.